The van der Waals surface area contributed by atoms with Crippen LogP contribution < -0.4 is 9.64 Å². The second-order valence-electron chi connectivity index (χ2n) is 7.97. The van der Waals surface area contributed by atoms with Crippen LogP contribution in [0.2, 0.25) is 0 Å². The summed E-state index contributed by atoms with van der Waals surface area (Å²) in [7, 11) is 0. The van der Waals surface area contributed by atoms with Crippen molar-refractivity contribution in [2.45, 2.75) is 26.4 Å². The van der Waals surface area contributed by atoms with Crippen molar-refractivity contribution >= 4 is 23.3 Å². The fraction of sp³-hybridized carbons (Fsp3) is 0.409. The minimum Gasteiger partial charge on any atom is -0.471 e. The van der Waals surface area contributed by atoms with Crippen LogP contribution >= 0.6 is 0 Å². The molecule has 0 bridgehead atoms. The number of carbonyl (C=O) groups excluding carboxylic acids is 2. The van der Waals surface area contributed by atoms with Gasteiger partial charge in [-0.25, -0.2) is 13.6 Å². The Hall–Kier alpha value is -3.43. The molecule has 1 fully saturated rings. The topological polar surface area (TPSA) is 85.1 Å². The van der Waals surface area contributed by atoms with Gasteiger partial charge in [-0.05, 0) is 29.3 Å². The standard InChI is InChI=1S/C22H23F2N3O5/c1-13(2)21(28)26-6-3-14(4-7-26)20-17(23)9-15(10-18(20)24)27-11-16(32-22(27)29)12-30-19-5-8-31-25-19/h3,5,8-10,13,16H,4,6-7,11-12H2,1-2H3. The zero-order valence-corrected chi connectivity index (χ0v) is 17.7. The molecule has 170 valence electrons. The van der Waals surface area contributed by atoms with Crippen LogP contribution in [0.4, 0.5) is 19.3 Å². The van der Waals surface area contributed by atoms with Gasteiger partial charge in [0, 0.05) is 30.6 Å². The van der Waals surface area contributed by atoms with E-state index in [4.69, 9.17) is 9.47 Å². The van der Waals surface area contributed by atoms with E-state index in [2.05, 4.69) is 9.68 Å². The Kier molecular flexibility index (Phi) is 6.11. The molecule has 0 aliphatic carbocycles. The second kappa shape index (κ2) is 8.97. The van der Waals surface area contributed by atoms with Crippen molar-refractivity contribution < 1.29 is 32.4 Å². The van der Waals surface area contributed by atoms with E-state index in [0.29, 0.717) is 25.1 Å². The molecule has 2 aliphatic rings. The van der Waals surface area contributed by atoms with Gasteiger partial charge in [-0.1, -0.05) is 19.9 Å². The van der Waals surface area contributed by atoms with Crippen molar-refractivity contribution in [2.24, 2.45) is 5.92 Å². The lowest BCUT2D eigenvalue weighted by Gasteiger charge is -2.28. The van der Waals surface area contributed by atoms with Gasteiger partial charge >= 0.3 is 6.09 Å². The number of hydrogen-bond donors (Lipinski definition) is 0. The lowest BCUT2D eigenvalue weighted by atomic mass is 9.97. The smallest absolute Gasteiger partial charge is 0.414 e. The predicted octanol–water partition coefficient (Wildman–Crippen LogP) is 3.63. The summed E-state index contributed by atoms with van der Waals surface area (Å²) in [4.78, 5) is 27.2. The van der Waals surface area contributed by atoms with Crippen molar-refractivity contribution in [3.05, 3.63) is 47.7 Å². The molecule has 1 unspecified atom stereocenters. The fourth-order valence-corrected chi connectivity index (χ4v) is 3.76. The molecule has 2 aliphatic heterocycles. The monoisotopic (exact) mass is 447 g/mol. The van der Waals surface area contributed by atoms with Crippen molar-refractivity contribution in [1.82, 2.24) is 10.1 Å². The summed E-state index contributed by atoms with van der Waals surface area (Å²) < 4.78 is 45.0. The van der Waals surface area contributed by atoms with Crippen LogP contribution in [0.3, 0.4) is 0 Å². The van der Waals surface area contributed by atoms with Crippen molar-refractivity contribution in [2.75, 3.05) is 31.1 Å². The molecule has 32 heavy (non-hydrogen) atoms. The largest absolute Gasteiger partial charge is 0.471 e. The first-order valence-electron chi connectivity index (χ1n) is 10.3. The molecule has 0 N–H and O–H groups in total. The molecule has 1 atom stereocenters. The maximum atomic E-state index is 14.9. The van der Waals surface area contributed by atoms with E-state index in [1.807, 2.05) is 13.8 Å². The van der Waals surface area contributed by atoms with Gasteiger partial charge in [-0.3, -0.25) is 9.69 Å². The van der Waals surface area contributed by atoms with Crippen LogP contribution in [-0.2, 0) is 9.53 Å². The van der Waals surface area contributed by atoms with E-state index in [9.17, 15) is 18.4 Å². The van der Waals surface area contributed by atoms with E-state index in [1.165, 1.54) is 12.3 Å². The molecular formula is C22H23F2N3O5. The highest BCUT2D eigenvalue weighted by atomic mass is 19.1. The van der Waals surface area contributed by atoms with E-state index in [-0.39, 0.29) is 42.1 Å². The molecule has 4 rings (SSSR count). The van der Waals surface area contributed by atoms with Crippen molar-refractivity contribution in [1.29, 1.82) is 0 Å². The number of amides is 2. The van der Waals surface area contributed by atoms with Crippen LogP contribution in [0.25, 0.3) is 5.57 Å². The highest BCUT2D eigenvalue weighted by molar-refractivity contribution is 5.90. The molecule has 0 radical (unpaired) electrons. The van der Waals surface area contributed by atoms with Gasteiger partial charge in [-0.15, -0.1) is 0 Å². The van der Waals surface area contributed by atoms with Crippen molar-refractivity contribution in [3.63, 3.8) is 0 Å². The van der Waals surface area contributed by atoms with Gasteiger partial charge in [0.1, 0.15) is 24.5 Å². The minimum absolute atomic E-state index is 0.00576. The summed E-state index contributed by atoms with van der Waals surface area (Å²) >= 11 is 0. The molecule has 1 saturated heterocycles. The number of carbonyl (C=O) groups is 2. The fourth-order valence-electron chi connectivity index (χ4n) is 3.76. The van der Waals surface area contributed by atoms with Crippen LogP contribution in [0, 0.1) is 17.6 Å². The van der Waals surface area contributed by atoms with E-state index in [1.54, 1.807) is 11.0 Å². The third-order valence-electron chi connectivity index (χ3n) is 5.38. The van der Waals surface area contributed by atoms with E-state index < -0.39 is 23.8 Å². The number of cyclic esters (lactones) is 1. The Balaban J connectivity index is 1.46. The summed E-state index contributed by atoms with van der Waals surface area (Å²) in [6.07, 6.45) is 2.02. The molecule has 0 saturated carbocycles. The molecule has 10 heteroatoms. The number of aromatic nitrogens is 1. The van der Waals surface area contributed by atoms with Gasteiger partial charge in [-0.2, -0.15) is 0 Å². The van der Waals surface area contributed by atoms with Crippen LogP contribution in [-0.4, -0.2) is 54.4 Å². The summed E-state index contributed by atoms with van der Waals surface area (Å²) in [6.45, 7) is 4.43. The average molecular weight is 447 g/mol. The van der Waals surface area contributed by atoms with Crippen LogP contribution in [0.1, 0.15) is 25.8 Å². The molecule has 2 amide bonds. The Bertz CT molecular complexity index is 1020. The maximum absolute atomic E-state index is 14.9. The Labute approximate surface area is 183 Å². The Morgan fingerprint density at radius 3 is 2.66 bits per heavy atom. The zero-order chi connectivity index (χ0) is 22.8. The van der Waals surface area contributed by atoms with E-state index in [0.717, 1.165) is 17.0 Å². The van der Waals surface area contributed by atoms with Crippen LogP contribution in [0.15, 0.2) is 35.1 Å². The number of benzene rings is 1. The summed E-state index contributed by atoms with van der Waals surface area (Å²) in [5.41, 5.74) is 0.428. The first-order valence-corrected chi connectivity index (χ1v) is 10.3. The molecule has 0 spiro atoms. The summed E-state index contributed by atoms with van der Waals surface area (Å²) in [6, 6.07) is 3.75. The number of ether oxygens (including phenoxy) is 2. The average Bonchev–Trinajstić information content (AvgIpc) is 3.41. The van der Waals surface area contributed by atoms with Gasteiger partial charge in [0.2, 0.25) is 5.91 Å². The highest BCUT2D eigenvalue weighted by Crippen LogP contribution is 2.32. The maximum Gasteiger partial charge on any atom is 0.414 e. The molecular weight excluding hydrogens is 424 g/mol. The molecule has 8 nitrogen and oxygen atoms in total. The van der Waals surface area contributed by atoms with E-state index >= 15 is 0 Å². The normalized spacial score (nSPS) is 18.7. The number of halogens is 2. The van der Waals surface area contributed by atoms with Gasteiger partial charge in [0.05, 0.1) is 12.2 Å². The zero-order valence-electron chi connectivity index (χ0n) is 17.7. The van der Waals surface area contributed by atoms with Crippen molar-refractivity contribution in [3.8, 4) is 5.88 Å². The number of rotatable bonds is 6. The molecule has 1 aromatic heterocycles. The first kappa shape index (κ1) is 21.8. The summed E-state index contributed by atoms with van der Waals surface area (Å²) in [5, 5.41) is 3.60. The third kappa shape index (κ3) is 4.44. The first-order chi connectivity index (χ1) is 15.3. The summed E-state index contributed by atoms with van der Waals surface area (Å²) in [5.74, 6) is -1.43. The number of hydrogen-bond acceptors (Lipinski definition) is 6. The van der Waals surface area contributed by atoms with Crippen LogP contribution in [0.5, 0.6) is 5.88 Å². The minimum atomic E-state index is -0.773. The quantitative estimate of drug-likeness (QED) is 0.672. The Morgan fingerprint density at radius 2 is 2.06 bits per heavy atom. The molecule has 1 aromatic carbocycles. The molecule has 3 heterocycles. The van der Waals surface area contributed by atoms with Gasteiger partial charge < -0.3 is 18.9 Å². The molecule has 2 aromatic rings. The van der Waals surface area contributed by atoms with Gasteiger partial charge in [0.25, 0.3) is 5.88 Å². The second-order valence-corrected chi connectivity index (χ2v) is 7.97. The lowest BCUT2D eigenvalue weighted by molar-refractivity contribution is -0.134. The number of anilines is 1. The predicted molar refractivity (Wildman–Crippen MR) is 110 cm³/mol. The third-order valence-corrected chi connectivity index (χ3v) is 5.38. The lowest BCUT2D eigenvalue weighted by Crippen LogP contribution is -2.37. The Morgan fingerprint density at radius 1 is 1.31 bits per heavy atom. The highest BCUT2D eigenvalue weighted by Gasteiger charge is 2.34. The van der Waals surface area contributed by atoms with Gasteiger partial charge in [0.15, 0.2) is 6.10 Å². The SMILES string of the molecule is CC(C)C(=O)N1CC=C(c2c(F)cc(N3CC(COc4ccon4)OC3=O)cc2F)CC1. The number of nitrogens with zero attached hydrogens (tertiary/aromatic N) is 3.